The van der Waals surface area contributed by atoms with Crippen molar-refractivity contribution < 1.29 is 45.8 Å². The number of esters is 2. The van der Waals surface area contributed by atoms with E-state index in [1.165, 1.54) is 24.3 Å². The Bertz CT molecular complexity index is 1440. The number of carbonyl (C=O) groups is 2. The summed E-state index contributed by atoms with van der Waals surface area (Å²) >= 11 is 0. The second-order valence-corrected chi connectivity index (χ2v) is 9.49. The van der Waals surface area contributed by atoms with Gasteiger partial charge in [-0.15, -0.1) is 0 Å². The Morgan fingerprint density at radius 3 is 2.02 bits per heavy atom. The van der Waals surface area contributed by atoms with Gasteiger partial charge in [0, 0.05) is 12.1 Å². The summed E-state index contributed by atoms with van der Waals surface area (Å²) in [6.07, 6.45) is -5.58. The SMILES string of the molecule is CON=C[C@H](OC(=O)c1ccccc1)[C@H](F)[C@@H](COC(=O)c1ccccc1)OS(=O)(=O)c1ccc([N+](=O)[O-])cc1. The standard InChI is InChI=1S/C26H23FN2O10S/c1-36-28-16-22(38-26(31)19-10-6-3-7-11-19)24(27)23(17-37-25(30)18-8-4-2-5-9-18)39-40(34,35)21-14-12-20(13-15-21)29(32)33/h2-16,22-24H,17H2,1H3/t22-,23+,24-/m0/s1. The van der Waals surface area contributed by atoms with Crippen LogP contribution in [-0.2, 0) is 28.6 Å². The van der Waals surface area contributed by atoms with Crippen LogP contribution in [0, 0.1) is 10.1 Å². The minimum Gasteiger partial charge on any atom is -0.459 e. The van der Waals surface area contributed by atoms with E-state index in [1.54, 1.807) is 36.4 Å². The van der Waals surface area contributed by atoms with Crippen LogP contribution in [0.4, 0.5) is 10.1 Å². The average molecular weight is 575 g/mol. The van der Waals surface area contributed by atoms with Crippen LogP contribution in [0.3, 0.4) is 0 Å². The first kappa shape index (κ1) is 29.9. The number of rotatable bonds is 13. The zero-order chi connectivity index (χ0) is 29.1. The maximum Gasteiger partial charge on any atom is 0.338 e. The maximum atomic E-state index is 15.9. The van der Waals surface area contributed by atoms with Gasteiger partial charge in [0.1, 0.15) is 19.8 Å². The first-order valence-corrected chi connectivity index (χ1v) is 12.9. The van der Waals surface area contributed by atoms with Crippen LogP contribution in [0.15, 0.2) is 95.0 Å². The number of hydrogen-bond acceptors (Lipinski definition) is 11. The van der Waals surface area contributed by atoms with Crippen molar-refractivity contribution in [1.82, 2.24) is 0 Å². The summed E-state index contributed by atoms with van der Waals surface area (Å²) < 4.78 is 57.2. The van der Waals surface area contributed by atoms with Crippen molar-refractivity contribution in [3.05, 3.63) is 106 Å². The zero-order valence-electron chi connectivity index (χ0n) is 20.9. The van der Waals surface area contributed by atoms with Crippen molar-refractivity contribution in [2.45, 2.75) is 23.3 Å². The normalized spacial score (nSPS) is 13.7. The molecule has 0 bridgehead atoms. The molecule has 0 aliphatic rings. The summed E-state index contributed by atoms with van der Waals surface area (Å²) in [5, 5.41) is 14.3. The van der Waals surface area contributed by atoms with E-state index < -0.39 is 56.9 Å². The van der Waals surface area contributed by atoms with E-state index in [0.29, 0.717) is 0 Å². The molecule has 0 amide bonds. The number of nitrogens with zero attached hydrogens (tertiary/aromatic N) is 2. The van der Waals surface area contributed by atoms with Crippen LogP contribution >= 0.6 is 0 Å². The molecule has 12 nitrogen and oxygen atoms in total. The third kappa shape index (κ3) is 8.15. The van der Waals surface area contributed by atoms with Gasteiger partial charge in [-0.1, -0.05) is 41.6 Å². The van der Waals surface area contributed by atoms with E-state index in [2.05, 4.69) is 9.99 Å². The van der Waals surface area contributed by atoms with Gasteiger partial charge in [-0.25, -0.2) is 14.0 Å². The molecule has 0 spiro atoms. The van der Waals surface area contributed by atoms with Crippen molar-refractivity contribution in [2.24, 2.45) is 5.16 Å². The van der Waals surface area contributed by atoms with Gasteiger partial charge in [-0.2, -0.15) is 8.42 Å². The summed E-state index contributed by atoms with van der Waals surface area (Å²) in [5.74, 6) is -1.87. The average Bonchev–Trinajstić information content (AvgIpc) is 2.97. The highest BCUT2D eigenvalue weighted by Gasteiger charge is 2.38. The molecule has 3 aromatic carbocycles. The fourth-order valence-corrected chi connectivity index (χ4v) is 4.28. The van der Waals surface area contributed by atoms with Crippen LogP contribution in [-0.4, -0.2) is 63.6 Å². The van der Waals surface area contributed by atoms with Crippen LogP contribution in [0.1, 0.15) is 20.7 Å². The molecule has 3 atom stereocenters. The minimum atomic E-state index is -4.76. The summed E-state index contributed by atoms with van der Waals surface area (Å²) in [6, 6.07) is 18.8. The number of carbonyl (C=O) groups excluding carboxylic acids is 2. The van der Waals surface area contributed by atoms with Crippen molar-refractivity contribution in [1.29, 1.82) is 0 Å². The summed E-state index contributed by atoms with van der Waals surface area (Å²) in [5.41, 5.74) is -0.223. The lowest BCUT2D eigenvalue weighted by atomic mass is 10.1. The molecule has 0 saturated heterocycles. The van der Waals surface area contributed by atoms with Gasteiger partial charge in [0.2, 0.25) is 0 Å². The quantitative estimate of drug-likeness (QED) is 0.0967. The van der Waals surface area contributed by atoms with Crippen molar-refractivity contribution in [3.63, 3.8) is 0 Å². The lowest BCUT2D eigenvalue weighted by Gasteiger charge is -2.25. The molecule has 0 fully saturated rings. The molecule has 0 N–H and O–H groups in total. The van der Waals surface area contributed by atoms with Crippen LogP contribution in [0.25, 0.3) is 0 Å². The van der Waals surface area contributed by atoms with E-state index in [0.717, 1.165) is 37.6 Å². The second kappa shape index (κ2) is 13.9. The van der Waals surface area contributed by atoms with E-state index in [-0.39, 0.29) is 16.8 Å². The largest absolute Gasteiger partial charge is 0.459 e. The van der Waals surface area contributed by atoms with Crippen molar-refractivity contribution in [2.75, 3.05) is 13.7 Å². The topological polar surface area (TPSA) is 161 Å². The first-order chi connectivity index (χ1) is 19.1. The van der Waals surface area contributed by atoms with Gasteiger partial charge < -0.3 is 14.3 Å². The molecule has 0 saturated carbocycles. The Hall–Kier alpha value is -4.69. The number of non-ortho nitro benzene ring substituents is 1. The number of ether oxygens (including phenoxy) is 2. The van der Waals surface area contributed by atoms with Gasteiger partial charge in [0.05, 0.1) is 27.2 Å². The third-order valence-corrected chi connectivity index (χ3v) is 6.56. The van der Waals surface area contributed by atoms with E-state index >= 15 is 4.39 Å². The Morgan fingerprint density at radius 1 is 0.950 bits per heavy atom. The molecule has 14 heteroatoms. The fourth-order valence-electron chi connectivity index (χ4n) is 3.22. The molecule has 3 aromatic rings. The number of alkyl halides is 1. The van der Waals surface area contributed by atoms with Gasteiger partial charge in [0.15, 0.2) is 12.3 Å². The van der Waals surface area contributed by atoms with Crippen LogP contribution < -0.4 is 0 Å². The lowest BCUT2D eigenvalue weighted by molar-refractivity contribution is -0.384. The van der Waals surface area contributed by atoms with Gasteiger partial charge >= 0.3 is 11.9 Å². The fraction of sp³-hybridized carbons (Fsp3) is 0.192. The Balaban J connectivity index is 1.89. The zero-order valence-corrected chi connectivity index (χ0v) is 21.7. The molecular weight excluding hydrogens is 551 g/mol. The number of nitro groups is 1. The van der Waals surface area contributed by atoms with Gasteiger partial charge in [-0.3, -0.25) is 14.3 Å². The van der Waals surface area contributed by atoms with Gasteiger partial charge in [-0.05, 0) is 36.4 Å². The molecule has 0 heterocycles. The lowest BCUT2D eigenvalue weighted by Crippen LogP contribution is -2.43. The van der Waals surface area contributed by atoms with Crippen LogP contribution in [0.5, 0.6) is 0 Å². The highest BCUT2D eigenvalue weighted by molar-refractivity contribution is 7.86. The molecule has 40 heavy (non-hydrogen) atoms. The summed E-state index contributed by atoms with van der Waals surface area (Å²) in [6.45, 7) is -0.929. The van der Waals surface area contributed by atoms with Crippen molar-refractivity contribution in [3.8, 4) is 0 Å². The predicted octanol–water partition coefficient (Wildman–Crippen LogP) is 3.72. The van der Waals surface area contributed by atoms with E-state index in [1.807, 2.05) is 0 Å². The number of oxime groups is 1. The molecule has 0 aliphatic carbocycles. The molecule has 0 radical (unpaired) electrons. The number of nitro benzene ring substituents is 1. The second-order valence-electron chi connectivity index (χ2n) is 7.92. The number of halogens is 1. The molecule has 0 aliphatic heterocycles. The first-order valence-electron chi connectivity index (χ1n) is 11.5. The third-order valence-electron chi connectivity index (χ3n) is 5.21. The smallest absolute Gasteiger partial charge is 0.338 e. The maximum absolute atomic E-state index is 15.9. The Labute approximate surface area is 228 Å². The van der Waals surface area contributed by atoms with Crippen LogP contribution in [0.2, 0.25) is 0 Å². The van der Waals surface area contributed by atoms with Gasteiger partial charge in [0.25, 0.3) is 15.8 Å². The molecular formula is C26H23FN2O10S. The monoisotopic (exact) mass is 574 g/mol. The highest BCUT2D eigenvalue weighted by atomic mass is 32.2. The van der Waals surface area contributed by atoms with E-state index in [4.69, 9.17) is 13.7 Å². The summed E-state index contributed by atoms with van der Waals surface area (Å²) in [4.78, 5) is 39.3. The van der Waals surface area contributed by atoms with Crippen molar-refractivity contribution >= 4 is 34.0 Å². The Kier molecular flexibility index (Phi) is 10.4. The molecule has 0 unspecified atom stereocenters. The molecule has 0 aromatic heterocycles. The number of benzene rings is 3. The van der Waals surface area contributed by atoms with E-state index in [9.17, 15) is 28.1 Å². The molecule has 3 rings (SSSR count). The number of hydrogen-bond donors (Lipinski definition) is 0. The highest BCUT2D eigenvalue weighted by Crippen LogP contribution is 2.23. The minimum absolute atomic E-state index is 0.0667. The predicted molar refractivity (Wildman–Crippen MR) is 138 cm³/mol. The summed E-state index contributed by atoms with van der Waals surface area (Å²) in [7, 11) is -3.62. The Morgan fingerprint density at radius 2 is 1.50 bits per heavy atom. The molecule has 210 valence electrons.